The first-order valence-corrected chi connectivity index (χ1v) is 5.56. The van der Waals surface area contributed by atoms with E-state index in [9.17, 15) is 30.7 Å². The summed E-state index contributed by atoms with van der Waals surface area (Å²) in [4.78, 5) is 0. The topological polar surface area (TPSA) is 0 Å². The van der Waals surface area contributed by atoms with Gasteiger partial charge in [-0.15, -0.1) is 0 Å². The molecule has 1 rings (SSSR count). The minimum Gasteiger partial charge on any atom is -0.207 e. The molecular weight excluding hydrogens is 265 g/mol. The van der Waals surface area contributed by atoms with Crippen molar-refractivity contribution < 1.29 is 30.7 Å². The van der Waals surface area contributed by atoms with Crippen LogP contribution in [0.15, 0.2) is 0 Å². The number of rotatable bonds is 1. The predicted octanol–water partition coefficient (Wildman–Crippen LogP) is 4.89. The minimum atomic E-state index is -5.21. The van der Waals surface area contributed by atoms with Gasteiger partial charge in [0, 0.05) is 0 Å². The fourth-order valence-electron chi connectivity index (χ4n) is 2.68. The van der Waals surface area contributed by atoms with Crippen molar-refractivity contribution in [2.45, 2.75) is 51.6 Å². The van der Waals surface area contributed by atoms with Crippen molar-refractivity contribution in [2.24, 2.45) is 17.3 Å². The standard InChI is InChI=1S/C11H15F7/c1-6-4-7(9(3,12)13)10(14,15)8(2,5-6)11(16,17)18/h6-7H,4-5H2,1-3H3. The predicted molar refractivity (Wildman–Crippen MR) is 51.6 cm³/mol. The first-order valence-electron chi connectivity index (χ1n) is 5.56. The lowest BCUT2D eigenvalue weighted by atomic mass is 9.62. The molecule has 0 radical (unpaired) electrons. The fraction of sp³-hybridized carbons (Fsp3) is 1.00. The van der Waals surface area contributed by atoms with Gasteiger partial charge in [-0.05, 0) is 32.6 Å². The van der Waals surface area contributed by atoms with Crippen molar-refractivity contribution in [2.75, 3.05) is 0 Å². The third kappa shape index (κ3) is 2.20. The lowest BCUT2D eigenvalue weighted by Gasteiger charge is -2.49. The van der Waals surface area contributed by atoms with Crippen molar-refractivity contribution in [3.8, 4) is 0 Å². The Morgan fingerprint density at radius 2 is 1.50 bits per heavy atom. The first-order chi connectivity index (χ1) is 7.73. The summed E-state index contributed by atoms with van der Waals surface area (Å²) in [5.41, 5.74) is -3.40. The molecular formula is C11H15F7. The Labute approximate surface area is 101 Å². The summed E-state index contributed by atoms with van der Waals surface area (Å²) in [5.74, 6) is -11.7. The van der Waals surface area contributed by atoms with Crippen LogP contribution in [-0.4, -0.2) is 18.0 Å². The van der Waals surface area contributed by atoms with Crippen LogP contribution in [0.2, 0.25) is 0 Å². The van der Waals surface area contributed by atoms with Crippen LogP contribution in [0.1, 0.15) is 33.6 Å². The zero-order valence-corrected chi connectivity index (χ0v) is 10.2. The molecule has 108 valence electrons. The van der Waals surface area contributed by atoms with Gasteiger partial charge in [0.2, 0.25) is 0 Å². The van der Waals surface area contributed by atoms with E-state index in [1.807, 2.05) is 0 Å². The maximum absolute atomic E-state index is 13.9. The summed E-state index contributed by atoms with van der Waals surface area (Å²) in [7, 11) is 0. The van der Waals surface area contributed by atoms with Crippen LogP contribution in [-0.2, 0) is 0 Å². The van der Waals surface area contributed by atoms with Crippen molar-refractivity contribution in [1.29, 1.82) is 0 Å². The molecule has 3 unspecified atom stereocenters. The van der Waals surface area contributed by atoms with Gasteiger partial charge in [-0.25, -0.2) is 17.6 Å². The molecule has 0 bridgehead atoms. The molecule has 0 amide bonds. The molecule has 0 aromatic heterocycles. The molecule has 1 saturated carbocycles. The quantitative estimate of drug-likeness (QED) is 0.600. The van der Waals surface area contributed by atoms with E-state index < -0.39 is 48.1 Å². The average molecular weight is 280 g/mol. The Morgan fingerprint density at radius 1 is 1.06 bits per heavy atom. The maximum atomic E-state index is 13.9. The third-order valence-electron chi connectivity index (χ3n) is 3.81. The van der Waals surface area contributed by atoms with Gasteiger partial charge in [-0.1, -0.05) is 6.92 Å². The fourth-order valence-corrected chi connectivity index (χ4v) is 2.68. The summed E-state index contributed by atoms with van der Waals surface area (Å²) < 4.78 is 92.6. The highest BCUT2D eigenvalue weighted by atomic mass is 19.4. The largest absolute Gasteiger partial charge is 0.400 e. The Kier molecular flexibility index (Phi) is 3.46. The van der Waals surface area contributed by atoms with E-state index in [4.69, 9.17) is 0 Å². The summed E-state index contributed by atoms with van der Waals surface area (Å²) in [5, 5.41) is 0. The smallest absolute Gasteiger partial charge is 0.207 e. The van der Waals surface area contributed by atoms with Gasteiger partial charge in [0.05, 0.1) is 5.92 Å². The summed E-state index contributed by atoms with van der Waals surface area (Å²) in [6, 6.07) is 0. The van der Waals surface area contributed by atoms with Gasteiger partial charge >= 0.3 is 6.18 Å². The van der Waals surface area contributed by atoms with Gasteiger partial charge in [-0.3, -0.25) is 0 Å². The molecule has 18 heavy (non-hydrogen) atoms. The molecule has 0 nitrogen and oxygen atoms in total. The van der Waals surface area contributed by atoms with E-state index in [1.54, 1.807) is 0 Å². The lowest BCUT2D eigenvalue weighted by Crippen LogP contribution is -2.61. The molecule has 0 spiro atoms. The van der Waals surface area contributed by atoms with Crippen molar-refractivity contribution in [3.63, 3.8) is 0 Å². The number of hydrogen-bond donors (Lipinski definition) is 0. The molecule has 0 N–H and O–H groups in total. The highest BCUT2D eigenvalue weighted by Crippen LogP contribution is 2.62. The van der Waals surface area contributed by atoms with Gasteiger partial charge in [-0.2, -0.15) is 13.2 Å². The van der Waals surface area contributed by atoms with Gasteiger partial charge < -0.3 is 0 Å². The van der Waals surface area contributed by atoms with Crippen molar-refractivity contribution in [3.05, 3.63) is 0 Å². The maximum Gasteiger partial charge on any atom is 0.400 e. The van der Waals surface area contributed by atoms with Crippen LogP contribution in [0.3, 0.4) is 0 Å². The van der Waals surface area contributed by atoms with E-state index in [-0.39, 0.29) is 6.92 Å². The lowest BCUT2D eigenvalue weighted by molar-refractivity contribution is -0.342. The Balaban J connectivity index is 3.29. The Morgan fingerprint density at radius 3 is 1.83 bits per heavy atom. The van der Waals surface area contributed by atoms with Crippen LogP contribution in [0.25, 0.3) is 0 Å². The Hall–Kier alpha value is -0.490. The number of hydrogen-bond acceptors (Lipinski definition) is 0. The zero-order valence-electron chi connectivity index (χ0n) is 10.2. The van der Waals surface area contributed by atoms with E-state index in [1.165, 1.54) is 6.92 Å². The molecule has 3 atom stereocenters. The summed E-state index contributed by atoms with van der Waals surface area (Å²) in [6.07, 6.45) is -6.66. The molecule has 1 fully saturated rings. The highest BCUT2D eigenvalue weighted by molar-refractivity contribution is 5.05. The van der Waals surface area contributed by atoms with Crippen molar-refractivity contribution >= 4 is 0 Å². The minimum absolute atomic E-state index is 0.250. The van der Waals surface area contributed by atoms with Crippen LogP contribution in [0, 0.1) is 17.3 Å². The van der Waals surface area contributed by atoms with Crippen LogP contribution in [0.5, 0.6) is 0 Å². The molecule has 0 aliphatic heterocycles. The average Bonchev–Trinajstić information content (AvgIpc) is 2.07. The molecule has 0 aromatic rings. The molecule has 1 aliphatic rings. The second-order valence-electron chi connectivity index (χ2n) is 5.51. The van der Waals surface area contributed by atoms with Crippen LogP contribution in [0.4, 0.5) is 30.7 Å². The zero-order chi connectivity index (χ0) is 14.6. The third-order valence-corrected chi connectivity index (χ3v) is 3.81. The van der Waals surface area contributed by atoms with Gasteiger partial charge in [0.25, 0.3) is 11.8 Å². The highest BCUT2D eigenvalue weighted by Gasteiger charge is 2.73. The second-order valence-corrected chi connectivity index (χ2v) is 5.51. The van der Waals surface area contributed by atoms with Crippen LogP contribution < -0.4 is 0 Å². The first kappa shape index (κ1) is 15.6. The van der Waals surface area contributed by atoms with E-state index in [0.717, 1.165) is 0 Å². The molecule has 0 heterocycles. The van der Waals surface area contributed by atoms with Crippen molar-refractivity contribution in [1.82, 2.24) is 0 Å². The summed E-state index contributed by atoms with van der Waals surface area (Å²) >= 11 is 0. The molecule has 1 aliphatic carbocycles. The van der Waals surface area contributed by atoms with E-state index in [0.29, 0.717) is 6.92 Å². The molecule has 0 saturated heterocycles. The van der Waals surface area contributed by atoms with E-state index >= 15 is 0 Å². The second kappa shape index (κ2) is 4.00. The van der Waals surface area contributed by atoms with E-state index in [2.05, 4.69) is 0 Å². The van der Waals surface area contributed by atoms with Gasteiger partial charge in [0.15, 0.2) is 0 Å². The normalized spacial score (nSPS) is 37.7. The summed E-state index contributed by atoms with van der Waals surface area (Å²) in [6.45, 7) is 1.87. The Bertz CT molecular complexity index is 314. The van der Waals surface area contributed by atoms with Crippen LogP contribution >= 0.6 is 0 Å². The molecule has 7 heteroatoms. The SMILES string of the molecule is CC1CC(C(C)(F)F)C(F)(F)C(C)(C(F)(F)F)C1. The number of alkyl halides is 7. The molecule has 0 aromatic carbocycles. The monoisotopic (exact) mass is 280 g/mol. The number of halogens is 7. The van der Waals surface area contributed by atoms with Gasteiger partial charge in [0.1, 0.15) is 5.41 Å².